The topological polar surface area (TPSA) is 63.6 Å². The van der Waals surface area contributed by atoms with Crippen molar-refractivity contribution in [3.8, 4) is 0 Å². The van der Waals surface area contributed by atoms with Gasteiger partial charge in [-0.25, -0.2) is 0 Å². The van der Waals surface area contributed by atoms with Crippen molar-refractivity contribution >= 4 is 14.0 Å². The van der Waals surface area contributed by atoms with E-state index >= 15 is 0 Å². The van der Waals surface area contributed by atoms with Gasteiger partial charge in [0.15, 0.2) is 11.4 Å². The monoisotopic (exact) mass is 289 g/mol. The molecule has 4 nitrogen and oxygen atoms in total. The van der Waals surface area contributed by atoms with Crippen LogP contribution in [0.5, 0.6) is 0 Å². The third-order valence-electron chi connectivity index (χ3n) is 2.46. The highest BCUT2D eigenvalue weighted by Gasteiger charge is 2.51. The smallest absolute Gasteiger partial charge is 0.296 e. The molecular formula is C10H17F3O4P+. The molecule has 0 aliphatic carbocycles. The van der Waals surface area contributed by atoms with E-state index in [0.717, 1.165) is 13.8 Å². The number of halogens is 3. The summed E-state index contributed by atoms with van der Waals surface area (Å²) in [4.78, 5) is 20.3. The fourth-order valence-corrected chi connectivity index (χ4v) is 1.99. The molecule has 1 N–H and O–H groups in total. The van der Waals surface area contributed by atoms with Gasteiger partial charge in [-0.3, -0.25) is 4.79 Å². The van der Waals surface area contributed by atoms with Gasteiger partial charge in [0.2, 0.25) is 0 Å². The summed E-state index contributed by atoms with van der Waals surface area (Å²) in [5.74, 6) is -3.39. The van der Waals surface area contributed by atoms with Crippen LogP contribution in [0.1, 0.15) is 40.0 Å². The lowest BCUT2D eigenvalue weighted by Gasteiger charge is -2.25. The van der Waals surface area contributed by atoms with Crippen LogP contribution in [-0.4, -0.2) is 22.5 Å². The van der Waals surface area contributed by atoms with Gasteiger partial charge in [-0.05, 0) is 20.3 Å². The lowest BCUT2D eigenvalue weighted by Crippen LogP contribution is -2.44. The largest absolute Gasteiger partial charge is 0.695 e. The molecule has 2 atom stereocenters. The molecule has 8 heteroatoms. The van der Waals surface area contributed by atoms with Crippen LogP contribution in [0.25, 0.3) is 0 Å². The molecule has 0 rings (SSSR count). The predicted molar refractivity (Wildman–Crippen MR) is 59.1 cm³/mol. The zero-order chi connectivity index (χ0) is 14.6. The zero-order valence-electron chi connectivity index (χ0n) is 10.5. The van der Waals surface area contributed by atoms with Crippen molar-refractivity contribution in [3.63, 3.8) is 0 Å². The average Bonchev–Trinajstić information content (AvgIpc) is 2.13. The summed E-state index contributed by atoms with van der Waals surface area (Å²) in [6.07, 6.45) is -4.24. The molecule has 0 aromatic rings. The second-order valence-corrected chi connectivity index (χ2v) is 5.10. The first-order valence-electron chi connectivity index (χ1n) is 5.48. The Bertz CT molecular complexity index is 315. The van der Waals surface area contributed by atoms with Crippen molar-refractivity contribution in [2.24, 2.45) is 5.92 Å². The summed E-state index contributed by atoms with van der Waals surface area (Å²) in [5.41, 5.74) is -1.93. The van der Waals surface area contributed by atoms with Gasteiger partial charge in [0.25, 0.3) is 0 Å². The number of rotatable bonds is 7. The van der Waals surface area contributed by atoms with Gasteiger partial charge in [0.05, 0.1) is 0 Å². The molecule has 18 heavy (non-hydrogen) atoms. The molecular weight excluding hydrogens is 272 g/mol. The first-order chi connectivity index (χ1) is 8.02. The maximum atomic E-state index is 12.7. The van der Waals surface area contributed by atoms with Gasteiger partial charge in [0, 0.05) is 4.57 Å². The Balaban J connectivity index is 5.00. The van der Waals surface area contributed by atoms with Gasteiger partial charge in [-0.2, -0.15) is 13.2 Å². The SMILES string of the molecule is CCCCC(C(=O)C(C)(C)O[P+](=O)O)C(F)(F)F. The second-order valence-electron chi connectivity index (χ2n) is 4.44. The first kappa shape index (κ1) is 17.5. The van der Waals surface area contributed by atoms with Gasteiger partial charge in [-0.1, -0.05) is 19.8 Å². The lowest BCUT2D eigenvalue weighted by molar-refractivity contribution is -0.190. The van der Waals surface area contributed by atoms with Gasteiger partial charge in [-0.15, -0.1) is 9.42 Å². The van der Waals surface area contributed by atoms with E-state index in [1.54, 1.807) is 6.92 Å². The molecule has 0 saturated heterocycles. The minimum Gasteiger partial charge on any atom is -0.296 e. The van der Waals surface area contributed by atoms with Crippen molar-refractivity contribution in [1.82, 2.24) is 0 Å². The number of hydrogen-bond donors (Lipinski definition) is 1. The fraction of sp³-hybridized carbons (Fsp3) is 0.900. The van der Waals surface area contributed by atoms with Crippen LogP contribution in [0.3, 0.4) is 0 Å². The third-order valence-corrected chi connectivity index (χ3v) is 3.07. The van der Waals surface area contributed by atoms with Crippen LogP contribution < -0.4 is 0 Å². The first-order valence-corrected chi connectivity index (χ1v) is 6.61. The quantitative estimate of drug-likeness (QED) is 0.730. The second kappa shape index (κ2) is 6.59. The van der Waals surface area contributed by atoms with E-state index in [9.17, 15) is 22.5 Å². The molecule has 0 saturated carbocycles. The molecule has 106 valence electrons. The molecule has 0 aliphatic rings. The van der Waals surface area contributed by atoms with Crippen LogP contribution in [-0.2, 0) is 13.9 Å². The predicted octanol–water partition coefficient (Wildman–Crippen LogP) is 3.37. The minimum absolute atomic E-state index is 0.247. The molecule has 0 radical (unpaired) electrons. The van der Waals surface area contributed by atoms with Crippen LogP contribution in [0, 0.1) is 5.92 Å². The number of unbranched alkanes of at least 4 members (excludes halogenated alkanes) is 1. The third kappa shape index (κ3) is 5.42. The van der Waals surface area contributed by atoms with Gasteiger partial charge in [0.1, 0.15) is 5.92 Å². The molecule has 0 aromatic heterocycles. The van der Waals surface area contributed by atoms with Crippen LogP contribution in [0.4, 0.5) is 13.2 Å². The van der Waals surface area contributed by atoms with Crippen molar-refractivity contribution in [2.45, 2.75) is 51.8 Å². The van der Waals surface area contributed by atoms with E-state index in [1.807, 2.05) is 0 Å². The van der Waals surface area contributed by atoms with Gasteiger partial charge < -0.3 is 0 Å². The van der Waals surface area contributed by atoms with E-state index in [4.69, 9.17) is 4.89 Å². The highest BCUT2D eigenvalue weighted by Crippen LogP contribution is 2.37. The lowest BCUT2D eigenvalue weighted by atomic mass is 9.87. The Morgan fingerprint density at radius 1 is 1.39 bits per heavy atom. The summed E-state index contributed by atoms with van der Waals surface area (Å²) < 4.78 is 53.1. The summed E-state index contributed by atoms with van der Waals surface area (Å²) in [6.45, 7) is 3.83. The minimum atomic E-state index is -4.67. The Morgan fingerprint density at radius 3 is 2.22 bits per heavy atom. The van der Waals surface area contributed by atoms with Crippen LogP contribution >= 0.6 is 8.25 Å². The Labute approximate surface area is 104 Å². The average molecular weight is 289 g/mol. The van der Waals surface area contributed by atoms with Crippen molar-refractivity contribution < 1.29 is 31.9 Å². The number of carbonyl (C=O) groups excluding carboxylic acids is 1. The van der Waals surface area contributed by atoms with E-state index < -0.39 is 31.7 Å². The molecule has 2 unspecified atom stereocenters. The molecule has 0 amide bonds. The highest BCUT2D eigenvalue weighted by molar-refractivity contribution is 7.32. The van der Waals surface area contributed by atoms with Crippen molar-refractivity contribution in [3.05, 3.63) is 0 Å². The Kier molecular flexibility index (Phi) is 6.40. The van der Waals surface area contributed by atoms with Crippen LogP contribution in [0.15, 0.2) is 0 Å². The maximum Gasteiger partial charge on any atom is 0.695 e. The summed E-state index contributed by atoms with van der Waals surface area (Å²) in [6, 6.07) is 0. The standard InChI is InChI=1S/C10H16F3O4P/c1-4-5-6-7(10(11,12)13)8(14)9(2,3)17-18(15)16/h7H,4-6H2,1-3H3/p+1. The highest BCUT2D eigenvalue weighted by atomic mass is 31.1. The molecule has 0 spiro atoms. The fourth-order valence-electron chi connectivity index (χ4n) is 1.51. The molecule has 0 heterocycles. The Hall–Kier alpha value is -0.520. The van der Waals surface area contributed by atoms with Crippen molar-refractivity contribution in [1.29, 1.82) is 0 Å². The summed E-state index contributed by atoms with van der Waals surface area (Å²) in [7, 11) is -3.13. The van der Waals surface area contributed by atoms with E-state index in [-0.39, 0.29) is 12.8 Å². The van der Waals surface area contributed by atoms with E-state index in [1.165, 1.54) is 0 Å². The number of hydrogen-bond acceptors (Lipinski definition) is 3. The number of Topliss-reactive ketones (excluding diaryl/α,β-unsaturated/α-hetero) is 1. The normalized spacial score (nSPS) is 15.4. The summed E-state index contributed by atoms with van der Waals surface area (Å²) in [5, 5.41) is 0. The number of ketones is 1. The number of alkyl halides is 3. The number of carbonyl (C=O) groups is 1. The molecule has 0 aromatic carbocycles. The molecule has 0 aliphatic heterocycles. The summed E-state index contributed by atoms with van der Waals surface area (Å²) >= 11 is 0. The van der Waals surface area contributed by atoms with Crippen molar-refractivity contribution in [2.75, 3.05) is 0 Å². The maximum absolute atomic E-state index is 12.7. The van der Waals surface area contributed by atoms with E-state index in [2.05, 4.69) is 4.52 Å². The molecule has 0 fully saturated rings. The Morgan fingerprint density at radius 2 is 1.89 bits per heavy atom. The van der Waals surface area contributed by atoms with E-state index in [0.29, 0.717) is 6.42 Å². The van der Waals surface area contributed by atoms with Gasteiger partial charge >= 0.3 is 14.4 Å². The molecule has 0 bridgehead atoms. The van der Waals surface area contributed by atoms with Crippen LogP contribution in [0.2, 0.25) is 0 Å². The zero-order valence-corrected chi connectivity index (χ0v) is 11.3.